The van der Waals surface area contributed by atoms with Crippen LogP contribution in [0.2, 0.25) is 0 Å². The maximum atomic E-state index is 12.4. The summed E-state index contributed by atoms with van der Waals surface area (Å²) in [7, 11) is 1.71. The summed E-state index contributed by atoms with van der Waals surface area (Å²) in [5, 5.41) is 2.71. The third-order valence-electron chi connectivity index (χ3n) is 5.55. The monoisotopic (exact) mass is 388 g/mol. The van der Waals surface area contributed by atoms with Crippen molar-refractivity contribution in [2.75, 3.05) is 51.3 Å². The number of hydrogen-bond donors (Lipinski definition) is 1. The van der Waals surface area contributed by atoms with Crippen LogP contribution >= 0.6 is 0 Å². The molecule has 2 saturated heterocycles. The van der Waals surface area contributed by atoms with Crippen molar-refractivity contribution in [3.8, 4) is 5.75 Å². The van der Waals surface area contributed by atoms with Crippen LogP contribution in [0.5, 0.6) is 5.75 Å². The molecular weight excluding hydrogens is 356 g/mol. The van der Waals surface area contributed by atoms with Gasteiger partial charge in [0.1, 0.15) is 5.75 Å². The molecule has 2 amide bonds. The second-order valence-electron chi connectivity index (χ2n) is 7.87. The molecule has 0 aromatic heterocycles. The number of amides is 2. The zero-order valence-corrected chi connectivity index (χ0v) is 17.2. The first-order valence-electron chi connectivity index (χ1n) is 10.2. The SMILES string of the molecule is COc1ccccc1N1CCN(C2CCCN(C(=O)C(=O)NC(C)C)C2)CC1. The summed E-state index contributed by atoms with van der Waals surface area (Å²) in [6.45, 7) is 8.79. The van der Waals surface area contributed by atoms with E-state index in [-0.39, 0.29) is 6.04 Å². The average Bonchev–Trinajstić information content (AvgIpc) is 2.73. The van der Waals surface area contributed by atoms with Gasteiger partial charge in [-0.15, -0.1) is 0 Å². The standard InChI is InChI=1S/C21H32N4O3/c1-16(2)22-20(26)21(27)25-10-6-7-17(15-25)23-11-13-24(14-12-23)18-8-4-5-9-19(18)28-3/h4-5,8-9,16-17H,6-7,10-15H2,1-3H3,(H,22,26). The number of nitrogens with zero attached hydrogens (tertiary/aromatic N) is 3. The molecule has 1 unspecified atom stereocenters. The third kappa shape index (κ3) is 4.76. The Morgan fingerprint density at radius 2 is 1.82 bits per heavy atom. The van der Waals surface area contributed by atoms with Crippen molar-refractivity contribution in [1.82, 2.24) is 15.1 Å². The van der Waals surface area contributed by atoms with Gasteiger partial charge in [-0.05, 0) is 38.8 Å². The topological polar surface area (TPSA) is 65.1 Å². The van der Waals surface area contributed by atoms with Gasteiger partial charge in [-0.2, -0.15) is 0 Å². The number of hydrogen-bond acceptors (Lipinski definition) is 5. The lowest BCUT2D eigenvalue weighted by Gasteiger charge is -2.44. The number of piperazine rings is 1. The Morgan fingerprint density at radius 3 is 2.50 bits per heavy atom. The Morgan fingerprint density at radius 1 is 1.11 bits per heavy atom. The summed E-state index contributed by atoms with van der Waals surface area (Å²) in [4.78, 5) is 31.0. The molecule has 2 aliphatic rings. The summed E-state index contributed by atoms with van der Waals surface area (Å²) in [6.07, 6.45) is 2.02. The number of carbonyl (C=O) groups excluding carboxylic acids is 2. The van der Waals surface area contributed by atoms with E-state index in [4.69, 9.17) is 4.74 Å². The molecule has 0 bridgehead atoms. The van der Waals surface area contributed by atoms with Crippen molar-refractivity contribution in [2.45, 2.75) is 38.8 Å². The number of benzene rings is 1. The second-order valence-corrected chi connectivity index (χ2v) is 7.87. The van der Waals surface area contributed by atoms with Crippen molar-refractivity contribution in [3.63, 3.8) is 0 Å². The number of para-hydroxylation sites is 2. The zero-order valence-electron chi connectivity index (χ0n) is 17.2. The minimum atomic E-state index is -0.489. The normalized spacial score (nSPS) is 20.9. The molecule has 0 spiro atoms. The van der Waals surface area contributed by atoms with Crippen LogP contribution in [-0.4, -0.2) is 80.1 Å². The molecule has 28 heavy (non-hydrogen) atoms. The fourth-order valence-electron chi connectivity index (χ4n) is 4.12. The van der Waals surface area contributed by atoms with Crippen LogP contribution in [0.15, 0.2) is 24.3 Å². The van der Waals surface area contributed by atoms with Crippen LogP contribution in [0.3, 0.4) is 0 Å². The van der Waals surface area contributed by atoms with Gasteiger partial charge in [0.05, 0.1) is 12.8 Å². The maximum absolute atomic E-state index is 12.4. The van der Waals surface area contributed by atoms with Crippen molar-refractivity contribution in [2.24, 2.45) is 0 Å². The minimum Gasteiger partial charge on any atom is -0.495 e. The molecule has 2 fully saturated rings. The second kappa shape index (κ2) is 9.28. The molecule has 1 N–H and O–H groups in total. The molecule has 2 aliphatic heterocycles. The number of rotatable bonds is 4. The van der Waals surface area contributed by atoms with E-state index in [9.17, 15) is 9.59 Å². The molecule has 1 aromatic carbocycles. The summed E-state index contributed by atoms with van der Waals surface area (Å²) in [5.74, 6) is 0.0178. The highest BCUT2D eigenvalue weighted by atomic mass is 16.5. The predicted molar refractivity (Wildman–Crippen MR) is 110 cm³/mol. The lowest BCUT2D eigenvalue weighted by molar-refractivity contribution is -0.147. The highest BCUT2D eigenvalue weighted by Crippen LogP contribution is 2.29. The van der Waals surface area contributed by atoms with Gasteiger partial charge in [0.25, 0.3) is 0 Å². The van der Waals surface area contributed by atoms with E-state index in [1.807, 2.05) is 32.0 Å². The van der Waals surface area contributed by atoms with E-state index in [1.165, 1.54) is 0 Å². The molecule has 2 heterocycles. The van der Waals surface area contributed by atoms with Crippen molar-refractivity contribution < 1.29 is 14.3 Å². The molecule has 0 saturated carbocycles. The average molecular weight is 389 g/mol. The maximum Gasteiger partial charge on any atom is 0.311 e. The summed E-state index contributed by atoms with van der Waals surface area (Å²) >= 11 is 0. The molecule has 7 heteroatoms. The minimum absolute atomic E-state index is 0.0277. The van der Waals surface area contributed by atoms with E-state index in [1.54, 1.807) is 12.0 Å². The van der Waals surface area contributed by atoms with E-state index < -0.39 is 11.8 Å². The van der Waals surface area contributed by atoms with Crippen LogP contribution in [0.25, 0.3) is 0 Å². The van der Waals surface area contributed by atoms with Gasteiger partial charge >= 0.3 is 11.8 Å². The first-order valence-corrected chi connectivity index (χ1v) is 10.2. The van der Waals surface area contributed by atoms with Gasteiger partial charge in [-0.3, -0.25) is 14.5 Å². The number of likely N-dealkylation sites (tertiary alicyclic amines) is 1. The van der Waals surface area contributed by atoms with Crippen molar-refractivity contribution in [1.29, 1.82) is 0 Å². The summed E-state index contributed by atoms with van der Waals surface area (Å²) in [5.41, 5.74) is 1.13. The molecule has 154 valence electrons. The number of ether oxygens (including phenoxy) is 1. The summed E-state index contributed by atoms with van der Waals surface area (Å²) in [6, 6.07) is 8.42. The predicted octanol–water partition coefficient (Wildman–Crippen LogP) is 1.33. The molecule has 1 atom stereocenters. The smallest absolute Gasteiger partial charge is 0.311 e. The van der Waals surface area contributed by atoms with Gasteiger partial charge in [-0.1, -0.05) is 12.1 Å². The van der Waals surface area contributed by atoms with E-state index in [0.717, 1.165) is 50.5 Å². The van der Waals surface area contributed by atoms with Gasteiger partial charge in [0.15, 0.2) is 0 Å². The molecule has 3 rings (SSSR count). The zero-order chi connectivity index (χ0) is 20.1. The largest absolute Gasteiger partial charge is 0.495 e. The quantitative estimate of drug-likeness (QED) is 0.789. The number of piperidine rings is 1. The Hall–Kier alpha value is -2.28. The van der Waals surface area contributed by atoms with Crippen LogP contribution in [-0.2, 0) is 9.59 Å². The van der Waals surface area contributed by atoms with Crippen molar-refractivity contribution in [3.05, 3.63) is 24.3 Å². The van der Waals surface area contributed by atoms with Gasteiger partial charge in [0, 0.05) is 51.4 Å². The van der Waals surface area contributed by atoms with Crippen molar-refractivity contribution >= 4 is 17.5 Å². The number of nitrogens with one attached hydrogen (secondary N) is 1. The Balaban J connectivity index is 1.55. The van der Waals surface area contributed by atoms with E-state index in [2.05, 4.69) is 21.2 Å². The summed E-state index contributed by atoms with van der Waals surface area (Å²) < 4.78 is 5.49. The number of anilines is 1. The lowest BCUT2D eigenvalue weighted by Crippen LogP contribution is -2.57. The molecule has 0 aliphatic carbocycles. The number of methoxy groups -OCH3 is 1. The van der Waals surface area contributed by atoms with E-state index >= 15 is 0 Å². The molecule has 7 nitrogen and oxygen atoms in total. The van der Waals surface area contributed by atoms with Crippen LogP contribution in [0, 0.1) is 0 Å². The third-order valence-corrected chi connectivity index (χ3v) is 5.55. The Kier molecular flexibility index (Phi) is 6.78. The molecule has 1 aromatic rings. The Bertz CT molecular complexity index is 686. The number of carbonyl (C=O) groups is 2. The van der Waals surface area contributed by atoms with Gasteiger partial charge in [0.2, 0.25) is 0 Å². The van der Waals surface area contributed by atoms with Crippen LogP contribution in [0.1, 0.15) is 26.7 Å². The fraction of sp³-hybridized carbons (Fsp3) is 0.619. The lowest BCUT2D eigenvalue weighted by atomic mass is 10.0. The van der Waals surface area contributed by atoms with Gasteiger partial charge < -0.3 is 19.9 Å². The van der Waals surface area contributed by atoms with Crippen LogP contribution < -0.4 is 15.0 Å². The highest BCUT2D eigenvalue weighted by molar-refractivity contribution is 6.35. The first-order chi connectivity index (χ1) is 13.5. The Labute approximate surface area is 167 Å². The van der Waals surface area contributed by atoms with Gasteiger partial charge in [-0.25, -0.2) is 0 Å². The molecule has 0 radical (unpaired) electrons. The van der Waals surface area contributed by atoms with Crippen LogP contribution in [0.4, 0.5) is 5.69 Å². The molecular formula is C21H32N4O3. The fourth-order valence-corrected chi connectivity index (χ4v) is 4.12. The van der Waals surface area contributed by atoms with E-state index in [0.29, 0.717) is 19.1 Å². The first kappa shape index (κ1) is 20.5. The highest BCUT2D eigenvalue weighted by Gasteiger charge is 2.32.